The standard InChI is InChI=1S/C8H13NO/c1-3-5-7(6-4-2)8(9)10/h3,5-6H,4H2,1-2H3,(H2,9,10)/b5-3?,7-6+. The average molecular weight is 139 g/mol. The Balaban J connectivity index is 4.26. The van der Waals surface area contributed by atoms with Crippen molar-refractivity contribution in [2.45, 2.75) is 20.3 Å². The number of nitrogens with two attached hydrogens (primary N) is 1. The smallest absolute Gasteiger partial charge is 0.248 e. The number of primary amides is 1. The molecule has 10 heavy (non-hydrogen) atoms. The van der Waals surface area contributed by atoms with Crippen LogP contribution in [0.15, 0.2) is 23.8 Å². The van der Waals surface area contributed by atoms with Gasteiger partial charge in [-0.1, -0.05) is 25.2 Å². The first-order valence-electron chi connectivity index (χ1n) is 3.35. The van der Waals surface area contributed by atoms with Gasteiger partial charge in [0.2, 0.25) is 5.91 Å². The molecule has 0 aliphatic heterocycles. The lowest BCUT2D eigenvalue weighted by atomic mass is 10.2. The Labute approximate surface area is 61.4 Å². The van der Waals surface area contributed by atoms with Crippen LogP contribution >= 0.6 is 0 Å². The Morgan fingerprint density at radius 3 is 2.50 bits per heavy atom. The zero-order valence-corrected chi connectivity index (χ0v) is 6.42. The predicted molar refractivity (Wildman–Crippen MR) is 42.4 cm³/mol. The highest BCUT2D eigenvalue weighted by molar-refractivity contribution is 5.94. The van der Waals surface area contributed by atoms with Crippen LogP contribution in [0.3, 0.4) is 0 Å². The van der Waals surface area contributed by atoms with E-state index in [4.69, 9.17) is 5.73 Å². The highest BCUT2D eigenvalue weighted by Crippen LogP contribution is 1.96. The first-order valence-corrected chi connectivity index (χ1v) is 3.35. The topological polar surface area (TPSA) is 43.1 Å². The van der Waals surface area contributed by atoms with Crippen molar-refractivity contribution in [2.75, 3.05) is 0 Å². The molecule has 0 unspecified atom stereocenters. The summed E-state index contributed by atoms with van der Waals surface area (Å²) in [4.78, 5) is 10.6. The monoisotopic (exact) mass is 139 g/mol. The maximum absolute atomic E-state index is 10.6. The van der Waals surface area contributed by atoms with Gasteiger partial charge in [0.1, 0.15) is 0 Å². The van der Waals surface area contributed by atoms with Gasteiger partial charge in [0.25, 0.3) is 0 Å². The fourth-order valence-corrected chi connectivity index (χ4v) is 0.650. The summed E-state index contributed by atoms with van der Waals surface area (Å²) in [5.74, 6) is -0.361. The molecule has 0 aromatic heterocycles. The van der Waals surface area contributed by atoms with Gasteiger partial charge in [-0.2, -0.15) is 0 Å². The zero-order valence-electron chi connectivity index (χ0n) is 6.42. The molecule has 0 saturated carbocycles. The van der Waals surface area contributed by atoms with Crippen LogP contribution in [-0.4, -0.2) is 5.91 Å². The molecular weight excluding hydrogens is 126 g/mol. The molecule has 0 heterocycles. The molecule has 0 radical (unpaired) electrons. The van der Waals surface area contributed by atoms with Crippen LogP contribution < -0.4 is 5.73 Å². The Hall–Kier alpha value is -1.05. The summed E-state index contributed by atoms with van der Waals surface area (Å²) >= 11 is 0. The normalized spacial score (nSPS) is 12.4. The van der Waals surface area contributed by atoms with E-state index in [0.717, 1.165) is 6.42 Å². The minimum absolute atomic E-state index is 0.361. The molecule has 0 aliphatic carbocycles. The van der Waals surface area contributed by atoms with Crippen molar-refractivity contribution in [1.29, 1.82) is 0 Å². The van der Waals surface area contributed by atoms with E-state index in [2.05, 4.69) is 0 Å². The maximum atomic E-state index is 10.6. The highest BCUT2D eigenvalue weighted by atomic mass is 16.1. The Kier molecular flexibility index (Phi) is 4.29. The fourth-order valence-electron chi connectivity index (χ4n) is 0.650. The van der Waals surface area contributed by atoms with Crippen molar-refractivity contribution in [3.05, 3.63) is 23.8 Å². The Bertz CT molecular complexity index is 168. The van der Waals surface area contributed by atoms with Gasteiger partial charge in [0, 0.05) is 5.57 Å². The molecule has 0 fully saturated rings. The Morgan fingerprint density at radius 1 is 1.60 bits per heavy atom. The summed E-state index contributed by atoms with van der Waals surface area (Å²) in [5.41, 5.74) is 5.64. The molecule has 0 bridgehead atoms. The van der Waals surface area contributed by atoms with Crippen LogP contribution in [0.4, 0.5) is 0 Å². The zero-order chi connectivity index (χ0) is 7.98. The quantitative estimate of drug-likeness (QED) is 0.466. The highest BCUT2D eigenvalue weighted by Gasteiger charge is 1.96. The summed E-state index contributed by atoms with van der Waals surface area (Å²) in [6, 6.07) is 0. The van der Waals surface area contributed by atoms with E-state index in [0.29, 0.717) is 5.57 Å². The molecule has 2 N–H and O–H groups in total. The number of hydrogen-bond acceptors (Lipinski definition) is 1. The van der Waals surface area contributed by atoms with Crippen LogP contribution in [0.1, 0.15) is 20.3 Å². The summed E-state index contributed by atoms with van der Waals surface area (Å²) in [7, 11) is 0. The van der Waals surface area contributed by atoms with E-state index in [-0.39, 0.29) is 5.91 Å². The number of carbonyl (C=O) groups is 1. The van der Waals surface area contributed by atoms with Crippen LogP contribution in [0.2, 0.25) is 0 Å². The first-order chi connectivity index (χ1) is 4.72. The summed E-state index contributed by atoms with van der Waals surface area (Å²) in [5, 5.41) is 0. The second-order valence-electron chi connectivity index (χ2n) is 1.93. The molecule has 0 saturated heterocycles. The molecule has 0 rings (SSSR count). The van der Waals surface area contributed by atoms with Crippen LogP contribution in [0.25, 0.3) is 0 Å². The van der Waals surface area contributed by atoms with Gasteiger partial charge >= 0.3 is 0 Å². The fraction of sp³-hybridized carbons (Fsp3) is 0.375. The van der Waals surface area contributed by atoms with E-state index in [1.165, 1.54) is 0 Å². The van der Waals surface area contributed by atoms with Gasteiger partial charge in [-0.3, -0.25) is 4.79 Å². The predicted octanol–water partition coefficient (Wildman–Crippen LogP) is 1.38. The lowest BCUT2D eigenvalue weighted by molar-refractivity contribution is -0.114. The van der Waals surface area contributed by atoms with Gasteiger partial charge in [-0.05, 0) is 13.3 Å². The van der Waals surface area contributed by atoms with E-state index in [1.54, 1.807) is 12.2 Å². The largest absolute Gasteiger partial charge is 0.366 e. The SMILES string of the molecule is CC=C/C(=C\CC)C(N)=O. The van der Waals surface area contributed by atoms with Crippen molar-refractivity contribution >= 4 is 5.91 Å². The number of hydrogen-bond donors (Lipinski definition) is 1. The summed E-state index contributed by atoms with van der Waals surface area (Å²) in [6.07, 6.45) is 6.16. The van der Waals surface area contributed by atoms with Crippen molar-refractivity contribution in [2.24, 2.45) is 5.73 Å². The number of amides is 1. The molecule has 0 aliphatic rings. The molecule has 0 atom stereocenters. The molecule has 2 nitrogen and oxygen atoms in total. The first kappa shape index (κ1) is 8.95. The Morgan fingerprint density at radius 2 is 2.20 bits per heavy atom. The number of allylic oxidation sites excluding steroid dienone is 2. The van der Waals surface area contributed by atoms with Gasteiger partial charge in [-0.25, -0.2) is 0 Å². The van der Waals surface area contributed by atoms with Crippen LogP contribution in [0.5, 0.6) is 0 Å². The molecular formula is C8H13NO. The molecule has 2 heteroatoms. The summed E-state index contributed by atoms with van der Waals surface area (Å²) in [6.45, 7) is 3.82. The lowest BCUT2D eigenvalue weighted by Gasteiger charge is -1.92. The van der Waals surface area contributed by atoms with Gasteiger partial charge < -0.3 is 5.73 Å². The van der Waals surface area contributed by atoms with Crippen molar-refractivity contribution in [3.8, 4) is 0 Å². The number of rotatable bonds is 3. The second kappa shape index (κ2) is 4.79. The minimum atomic E-state index is -0.361. The number of carbonyl (C=O) groups excluding carboxylic acids is 1. The molecule has 0 aromatic rings. The molecule has 56 valence electrons. The third-order valence-electron chi connectivity index (χ3n) is 1.05. The van der Waals surface area contributed by atoms with Crippen LogP contribution in [0, 0.1) is 0 Å². The maximum Gasteiger partial charge on any atom is 0.248 e. The second-order valence-corrected chi connectivity index (χ2v) is 1.93. The average Bonchev–Trinajstić information content (AvgIpc) is 1.87. The van der Waals surface area contributed by atoms with Crippen molar-refractivity contribution in [1.82, 2.24) is 0 Å². The third kappa shape index (κ3) is 3.07. The van der Waals surface area contributed by atoms with Gasteiger partial charge in [-0.15, -0.1) is 0 Å². The van der Waals surface area contributed by atoms with E-state index >= 15 is 0 Å². The van der Waals surface area contributed by atoms with E-state index < -0.39 is 0 Å². The van der Waals surface area contributed by atoms with Gasteiger partial charge in [0.15, 0.2) is 0 Å². The van der Waals surface area contributed by atoms with Crippen molar-refractivity contribution in [3.63, 3.8) is 0 Å². The van der Waals surface area contributed by atoms with Gasteiger partial charge in [0.05, 0.1) is 0 Å². The molecule has 1 amide bonds. The summed E-state index contributed by atoms with van der Waals surface area (Å²) < 4.78 is 0. The third-order valence-corrected chi connectivity index (χ3v) is 1.05. The van der Waals surface area contributed by atoms with E-state index in [9.17, 15) is 4.79 Å². The van der Waals surface area contributed by atoms with Crippen LogP contribution in [-0.2, 0) is 4.79 Å². The lowest BCUT2D eigenvalue weighted by Crippen LogP contribution is -2.12. The van der Waals surface area contributed by atoms with Crippen molar-refractivity contribution < 1.29 is 4.79 Å². The minimum Gasteiger partial charge on any atom is -0.366 e. The molecule has 0 aromatic carbocycles. The molecule has 0 spiro atoms. The van der Waals surface area contributed by atoms with E-state index in [1.807, 2.05) is 19.9 Å².